The largest absolute Gasteiger partial charge is 0.412 e. The molecule has 14 nitrogen and oxygen atoms in total. The van der Waals surface area contributed by atoms with Crippen LogP contribution in [0.3, 0.4) is 0 Å². The molecule has 0 saturated carbocycles. The van der Waals surface area contributed by atoms with Crippen LogP contribution in [0.4, 0.5) is 0 Å². The van der Waals surface area contributed by atoms with E-state index in [0.717, 1.165) is 34.2 Å². The van der Waals surface area contributed by atoms with E-state index in [9.17, 15) is 0 Å². The summed E-state index contributed by atoms with van der Waals surface area (Å²) in [6.45, 7) is 53.7. The maximum absolute atomic E-state index is 5.23. The van der Waals surface area contributed by atoms with Gasteiger partial charge >= 0.3 is 14.2 Å². The second-order valence-electron chi connectivity index (χ2n) is 23.7. The molecular weight excluding hydrogens is 980 g/mol. The molecule has 6 rings (SSSR count). The second-order valence-corrected chi connectivity index (χ2v) is 23.7. The molecule has 0 atom stereocenters. The van der Waals surface area contributed by atoms with Gasteiger partial charge in [-0.2, -0.15) is 0 Å². The maximum atomic E-state index is 5.23. The van der Waals surface area contributed by atoms with Crippen molar-refractivity contribution in [3.8, 4) is 0 Å². The van der Waals surface area contributed by atoms with Crippen molar-refractivity contribution in [2.45, 2.75) is 237 Å². The summed E-state index contributed by atoms with van der Waals surface area (Å²) >= 11 is 0. The average molecular weight is 1080 g/mol. The van der Waals surface area contributed by atoms with Crippen LogP contribution < -0.4 is 0 Å². The van der Waals surface area contributed by atoms with E-state index in [0.29, 0.717) is 71.0 Å². The molecule has 6 heterocycles. The molecule has 0 bridgehead atoms. The Morgan fingerprint density at radius 3 is 0.431 bits per heavy atom. The minimum absolute atomic E-state index is 0. The Bertz CT molecular complexity index is 2120. The summed E-state index contributed by atoms with van der Waals surface area (Å²) in [5.41, 5.74) is 14.3. The van der Waals surface area contributed by atoms with Crippen molar-refractivity contribution in [2.75, 3.05) is 0 Å². The van der Waals surface area contributed by atoms with E-state index >= 15 is 0 Å². The van der Waals surface area contributed by atoms with Crippen molar-refractivity contribution in [3.63, 3.8) is 0 Å². The molecule has 6 aromatic heterocycles. The van der Waals surface area contributed by atoms with Gasteiger partial charge in [0, 0.05) is 68.3 Å². The van der Waals surface area contributed by atoms with Crippen LogP contribution in [0.25, 0.3) is 0 Å². The summed E-state index contributed by atoms with van der Waals surface area (Å²) in [6, 6.07) is 13.7. The van der Waals surface area contributed by atoms with E-state index in [-0.39, 0.29) is 45.1 Å². The topological polar surface area (TPSA) is 170 Å². The summed E-state index contributed by atoms with van der Waals surface area (Å²) in [7, 11) is -2.92. The van der Waals surface area contributed by atoms with Crippen molar-refractivity contribution in [2.24, 2.45) is 0 Å². The third kappa shape index (κ3) is 14.4. The monoisotopic (exact) mass is 1080 g/mol. The molecule has 18 heteroatoms. The van der Waals surface area contributed by atoms with Crippen LogP contribution in [-0.4, -0.2) is 83.3 Å². The first kappa shape index (κ1) is 66.4. The van der Waals surface area contributed by atoms with Crippen LogP contribution in [-0.2, 0) is 34.1 Å². The predicted octanol–water partition coefficient (Wildman–Crippen LogP) is 11.7. The third-order valence-corrected chi connectivity index (χ3v) is 13.7. The minimum atomic E-state index is -1.46. The second kappa shape index (κ2) is 27.2. The quantitative estimate of drug-likeness (QED) is 0.0776. The van der Waals surface area contributed by atoms with Gasteiger partial charge in [-0.3, -0.25) is 0 Å². The van der Waals surface area contributed by atoms with Gasteiger partial charge in [-0.25, -0.2) is 30.6 Å². The predicted molar refractivity (Wildman–Crippen MR) is 296 cm³/mol. The first-order chi connectivity index (χ1) is 31.7. The van der Waals surface area contributed by atoms with E-state index < -0.39 is 14.2 Å². The molecule has 0 aromatic carbocycles. The molecule has 2 radical (unpaired) electrons. The third-order valence-electron chi connectivity index (χ3n) is 13.7. The van der Waals surface area contributed by atoms with Crippen molar-refractivity contribution in [1.82, 2.24) is 58.1 Å². The van der Waals surface area contributed by atoms with Gasteiger partial charge in [0.1, 0.15) is 0 Å². The van der Waals surface area contributed by atoms with Gasteiger partial charge in [-0.05, 0) is 107 Å². The Hall–Kier alpha value is -3.65. The van der Waals surface area contributed by atoms with Crippen LogP contribution in [0.15, 0.2) is 36.4 Å². The fourth-order valence-corrected chi connectivity index (χ4v) is 9.31. The molecular formula is C54H96B2Mn2N12O2-2. The van der Waals surface area contributed by atoms with E-state index in [1.807, 2.05) is 0 Å². The molecule has 6 aromatic rings. The summed E-state index contributed by atoms with van der Waals surface area (Å²) in [5.74, 6) is 4.25. The average Bonchev–Trinajstić information content (AvgIpc) is 4.09. The Morgan fingerprint density at radius 2 is 0.347 bits per heavy atom. The first-order valence-corrected chi connectivity index (χ1v) is 26.6. The zero-order chi connectivity index (χ0) is 51.0. The zero-order valence-electron chi connectivity index (χ0n) is 48.9. The molecule has 0 unspecified atom stereocenters. The number of hydrogen-bond donors (Lipinski definition) is 0. The molecule has 406 valence electrons. The van der Waals surface area contributed by atoms with Gasteiger partial charge in [-0.15, -0.1) is 0 Å². The van der Waals surface area contributed by atoms with Crippen LogP contribution >= 0.6 is 0 Å². The van der Waals surface area contributed by atoms with Crippen LogP contribution in [0.5, 0.6) is 0 Å². The maximum Gasteiger partial charge on any atom is 0.326 e. The zero-order valence-corrected chi connectivity index (χ0v) is 51.3. The van der Waals surface area contributed by atoms with Gasteiger partial charge in [-0.1, -0.05) is 166 Å². The summed E-state index contributed by atoms with van der Waals surface area (Å²) in [5, 5.41) is 31.4. The van der Waals surface area contributed by atoms with Crippen LogP contribution in [0.1, 0.15) is 306 Å². The van der Waals surface area contributed by atoms with Gasteiger partial charge in [0.2, 0.25) is 0 Å². The van der Waals surface area contributed by atoms with E-state index in [1.165, 1.54) is 34.2 Å². The molecule has 0 aliphatic heterocycles. The number of nitrogens with zero attached hydrogens (tertiary/aromatic N) is 12. The van der Waals surface area contributed by atoms with Crippen molar-refractivity contribution >= 4 is 14.2 Å². The Kier molecular flexibility index (Phi) is 25.1. The SMILES string of the molecule is CC(C)c1cc(C(C)C)n([BH-](n2nc(C(C)C)cc2C(C)C)n2nc(C(C)C)cc2C(C)C)n1.CC(C)c1cc(C(C)C)n([BH-](n2nc(C(C)C)cc2C(C)C)n2nc(C(C)C)cc2C(C)C)n1.O.O.[Mn].[Mn]. The minimum Gasteiger partial charge on any atom is -0.412 e. The van der Waals surface area contributed by atoms with E-state index in [4.69, 9.17) is 30.6 Å². The van der Waals surface area contributed by atoms with Gasteiger partial charge in [0.25, 0.3) is 0 Å². The fraction of sp³-hybridized carbons (Fsp3) is 0.667. The van der Waals surface area contributed by atoms with Crippen LogP contribution in [0.2, 0.25) is 0 Å². The molecule has 0 saturated heterocycles. The standard InChI is InChI=1S/2C27H46BN6.2Mn.2H2O/c2*1-16(2)22-13-25(19(7)8)32(29-22)28(33-26(20(9)10)14-23(30-33)17(3)4)34-27(21(11)12)15-24(31-34)18(5)6;;;;/h2*13-21,28H,1-12H3;;;2*1H2/q2*-1;;;;. The van der Waals surface area contributed by atoms with Gasteiger partial charge < -0.3 is 38.5 Å². The molecule has 0 aliphatic carbocycles. The summed E-state index contributed by atoms with van der Waals surface area (Å²) in [4.78, 5) is 0. The smallest absolute Gasteiger partial charge is 0.326 e. The molecule has 0 fully saturated rings. The Morgan fingerprint density at radius 1 is 0.236 bits per heavy atom. The molecule has 72 heavy (non-hydrogen) atoms. The molecule has 4 N–H and O–H groups in total. The molecule has 0 aliphatic rings. The Labute approximate surface area is 456 Å². The van der Waals surface area contributed by atoms with E-state index in [1.54, 1.807) is 0 Å². The van der Waals surface area contributed by atoms with Crippen molar-refractivity contribution in [3.05, 3.63) is 105 Å². The Balaban J connectivity index is 0.000000682. The van der Waals surface area contributed by atoms with E-state index in [2.05, 4.69) is 230 Å². The van der Waals surface area contributed by atoms with Crippen molar-refractivity contribution in [1.29, 1.82) is 0 Å². The molecule has 0 amide bonds. The summed E-state index contributed by atoms with van der Waals surface area (Å²) in [6.07, 6.45) is 0. The number of aromatic nitrogens is 12. The normalized spacial score (nSPS) is 12.1. The summed E-state index contributed by atoms with van der Waals surface area (Å²) < 4.78 is 13.6. The van der Waals surface area contributed by atoms with Gasteiger partial charge in [0.15, 0.2) is 0 Å². The first-order valence-electron chi connectivity index (χ1n) is 26.6. The fourth-order valence-electron chi connectivity index (χ4n) is 9.31. The van der Waals surface area contributed by atoms with Crippen molar-refractivity contribution < 1.29 is 45.1 Å². The molecule has 0 spiro atoms. The number of rotatable bonds is 18. The van der Waals surface area contributed by atoms with Gasteiger partial charge in [0.05, 0.1) is 34.2 Å². The van der Waals surface area contributed by atoms with Crippen LogP contribution in [0, 0.1) is 0 Å². The number of hydrogen-bond acceptors (Lipinski definition) is 6.